The fourth-order valence-electron chi connectivity index (χ4n) is 1.99. The van der Waals surface area contributed by atoms with Crippen LogP contribution in [0, 0.1) is 0 Å². The molecule has 0 unspecified atom stereocenters. The number of amides is 1. The van der Waals surface area contributed by atoms with E-state index in [0.29, 0.717) is 14.9 Å². The Bertz CT molecular complexity index is 852. The summed E-state index contributed by atoms with van der Waals surface area (Å²) >= 11 is 6.06. The zero-order valence-electron chi connectivity index (χ0n) is 13.9. The van der Waals surface area contributed by atoms with Gasteiger partial charge in [-0.05, 0) is 23.8 Å². The van der Waals surface area contributed by atoms with Crippen molar-refractivity contribution in [1.82, 2.24) is 5.32 Å². The van der Waals surface area contributed by atoms with Crippen molar-refractivity contribution in [3.05, 3.63) is 34.7 Å². The molecule has 1 aliphatic heterocycles. The van der Waals surface area contributed by atoms with Gasteiger partial charge in [0.1, 0.15) is 4.32 Å². The third-order valence-corrected chi connectivity index (χ3v) is 5.67. The van der Waals surface area contributed by atoms with E-state index >= 15 is 0 Å². The first-order chi connectivity index (χ1) is 12.5. The molecule has 1 heterocycles. The molecule has 27 heavy (non-hydrogen) atoms. The van der Waals surface area contributed by atoms with Gasteiger partial charge in [-0.2, -0.15) is 21.6 Å². The number of alkyl halides is 3. The van der Waals surface area contributed by atoms with E-state index < -0.39 is 28.7 Å². The largest absolute Gasteiger partial charge is 0.413 e. The molecule has 0 radical (unpaired) electrons. The zero-order chi connectivity index (χ0) is 20.2. The molecule has 148 valence electrons. The molecule has 0 atom stereocenters. The first-order valence-electron chi connectivity index (χ1n) is 7.45. The summed E-state index contributed by atoms with van der Waals surface area (Å²) < 4.78 is 63.5. The van der Waals surface area contributed by atoms with Crippen molar-refractivity contribution in [2.75, 3.05) is 30.9 Å². The second kappa shape index (κ2) is 8.59. The van der Waals surface area contributed by atoms with Crippen molar-refractivity contribution in [3.63, 3.8) is 0 Å². The Morgan fingerprint density at radius 2 is 1.93 bits per heavy atom. The van der Waals surface area contributed by atoms with Crippen molar-refractivity contribution in [2.24, 2.45) is 0 Å². The van der Waals surface area contributed by atoms with Crippen LogP contribution in [0.15, 0.2) is 29.2 Å². The van der Waals surface area contributed by atoms with Crippen LogP contribution in [-0.2, 0) is 19.1 Å². The highest BCUT2D eigenvalue weighted by atomic mass is 32.2. The van der Waals surface area contributed by atoms with Gasteiger partial charge in [0.2, 0.25) is 0 Å². The van der Waals surface area contributed by atoms with Gasteiger partial charge < -0.3 is 10.2 Å². The van der Waals surface area contributed by atoms with Crippen LogP contribution in [0.4, 0.5) is 18.9 Å². The zero-order valence-corrected chi connectivity index (χ0v) is 16.4. The first kappa shape index (κ1) is 21.7. The van der Waals surface area contributed by atoms with E-state index in [-0.39, 0.29) is 12.5 Å². The van der Waals surface area contributed by atoms with E-state index in [1.807, 2.05) is 0 Å². The lowest BCUT2D eigenvalue weighted by Crippen LogP contribution is -2.28. The minimum atomic E-state index is -4.71. The second-order valence-corrected chi connectivity index (χ2v) is 8.98. The summed E-state index contributed by atoms with van der Waals surface area (Å²) in [5.74, 6) is -0.852. The molecule has 1 amide bonds. The molecule has 1 aromatic rings. The predicted octanol–water partition coefficient (Wildman–Crippen LogP) is 2.52. The van der Waals surface area contributed by atoms with Gasteiger partial charge >= 0.3 is 6.18 Å². The molecular weight excluding hydrogens is 425 g/mol. The molecule has 1 fully saturated rings. The van der Waals surface area contributed by atoms with Gasteiger partial charge in [0.15, 0.2) is 6.61 Å². The lowest BCUT2D eigenvalue weighted by Gasteiger charge is -2.19. The maximum Gasteiger partial charge on any atom is 0.413 e. The fourth-order valence-corrected chi connectivity index (χ4v) is 3.96. The number of benzene rings is 1. The van der Waals surface area contributed by atoms with Crippen molar-refractivity contribution in [2.45, 2.75) is 6.18 Å². The van der Waals surface area contributed by atoms with Gasteiger partial charge in [0, 0.05) is 19.3 Å². The molecule has 0 aliphatic carbocycles. The average molecular weight is 440 g/mol. The predicted molar refractivity (Wildman–Crippen MR) is 102 cm³/mol. The van der Waals surface area contributed by atoms with Crippen LogP contribution in [0.2, 0.25) is 0 Å². The van der Waals surface area contributed by atoms with Gasteiger partial charge in [-0.25, -0.2) is 0 Å². The van der Waals surface area contributed by atoms with Crippen LogP contribution in [0.5, 0.6) is 0 Å². The van der Waals surface area contributed by atoms with Crippen molar-refractivity contribution in [3.8, 4) is 0 Å². The Balaban J connectivity index is 1.94. The van der Waals surface area contributed by atoms with E-state index in [4.69, 9.17) is 12.2 Å². The van der Waals surface area contributed by atoms with Gasteiger partial charge in [0.05, 0.1) is 10.7 Å². The maximum atomic E-state index is 12.0. The number of hydrogen-bond acceptors (Lipinski definition) is 7. The molecule has 2 rings (SSSR count). The topological polar surface area (TPSA) is 75.7 Å². The number of rotatable bonds is 7. The number of halogens is 3. The van der Waals surface area contributed by atoms with E-state index in [2.05, 4.69) is 9.50 Å². The summed E-state index contributed by atoms with van der Waals surface area (Å²) in [6.45, 7) is -1.88. The quantitative estimate of drug-likeness (QED) is 0.397. The van der Waals surface area contributed by atoms with Gasteiger partial charge in [-0.1, -0.05) is 36.1 Å². The number of nitrogens with one attached hydrogen (secondary N) is 1. The van der Waals surface area contributed by atoms with Crippen molar-refractivity contribution in [1.29, 1.82) is 0 Å². The molecule has 6 nitrogen and oxygen atoms in total. The van der Waals surface area contributed by atoms with E-state index in [9.17, 15) is 26.4 Å². The Labute approximate surface area is 163 Å². The van der Waals surface area contributed by atoms with E-state index in [0.717, 1.165) is 17.3 Å². The van der Waals surface area contributed by atoms with Crippen molar-refractivity contribution >= 4 is 56.1 Å². The van der Waals surface area contributed by atoms with Crippen LogP contribution in [0.3, 0.4) is 0 Å². The summed E-state index contributed by atoms with van der Waals surface area (Å²) in [6, 6.07) is 6.85. The lowest BCUT2D eigenvalue weighted by molar-refractivity contribution is -0.152. The van der Waals surface area contributed by atoms with Gasteiger partial charge in [0.25, 0.3) is 16.0 Å². The minimum absolute atomic E-state index is 0.0485. The van der Waals surface area contributed by atoms with E-state index in [1.165, 1.54) is 0 Å². The number of carbonyl (C=O) groups excluding carboxylic acids is 1. The molecule has 1 aliphatic rings. The Morgan fingerprint density at radius 1 is 1.30 bits per heavy atom. The molecule has 0 spiro atoms. The Hall–Kier alpha value is -1.63. The summed E-state index contributed by atoms with van der Waals surface area (Å²) in [5.41, 5.74) is 1.40. The third kappa shape index (κ3) is 7.13. The SMILES string of the molecule is CN(CCS(=O)(=O)OCC(F)(F)F)c1ccc(/C=C2\SC(=S)NC2=O)cc1. The number of thiocarbonyl (C=S) groups is 1. The second-order valence-electron chi connectivity index (χ2n) is 5.50. The summed E-state index contributed by atoms with van der Waals surface area (Å²) in [7, 11) is -2.68. The van der Waals surface area contributed by atoms with Crippen LogP contribution in [0.25, 0.3) is 6.08 Å². The Morgan fingerprint density at radius 3 is 2.44 bits per heavy atom. The minimum Gasteiger partial charge on any atom is -0.373 e. The molecule has 1 aromatic carbocycles. The van der Waals surface area contributed by atoms with Crippen LogP contribution in [0.1, 0.15) is 5.56 Å². The molecule has 0 saturated carbocycles. The fraction of sp³-hybridized carbons (Fsp3) is 0.333. The van der Waals surface area contributed by atoms with Gasteiger partial charge in [-0.3, -0.25) is 8.98 Å². The summed E-state index contributed by atoms with van der Waals surface area (Å²) in [4.78, 5) is 13.7. The highest BCUT2D eigenvalue weighted by molar-refractivity contribution is 8.26. The highest BCUT2D eigenvalue weighted by Gasteiger charge is 2.31. The molecule has 1 N–H and O–H groups in total. The number of hydrogen-bond donors (Lipinski definition) is 1. The lowest BCUT2D eigenvalue weighted by atomic mass is 10.2. The normalized spacial score (nSPS) is 16.7. The summed E-state index contributed by atoms with van der Waals surface area (Å²) in [5, 5.41) is 2.51. The number of anilines is 1. The third-order valence-electron chi connectivity index (χ3n) is 3.35. The number of carbonyl (C=O) groups is 1. The first-order valence-corrected chi connectivity index (χ1v) is 10.3. The highest BCUT2D eigenvalue weighted by Crippen LogP contribution is 2.26. The maximum absolute atomic E-state index is 12.0. The molecular formula is C15H15F3N2O4S3. The number of nitrogens with zero attached hydrogens (tertiary/aromatic N) is 1. The van der Waals surface area contributed by atoms with Crippen LogP contribution < -0.4 is 10.2 Å². The standard InChI is InChI=1S/C15H15F3N2O4S3/c1-20(6-7-27(22,23)24-9-15(16,17)18)11-4-2-10(3-5-11)8-12-13(21)19-14(25)26-12/h2-5,8H,6-7,9H2,1H3,(H,19,21,25)/b12-8-. The van der Waals surface area contributed by atoms with E-state index in [1.54, 1.807) is 42.3 Å². The molecule has 12 heteroatoms. The Kier molecular flexibility index (Phi) is 6.89. The van der Waals surface area contributed by atoms with Crippen LogP contribution >= 0.6 is 24.0 Å². The monoisotopic (exact) mass is 440 g/mol. The van der Waals surface area contributed by atoms with Gasteiger partial charge in [-0.15, -0.1) is 0 Å². The number of thioether (sulfide) groups is 1. The summed E-state index contributed by atoms with van der Waals surface area (Å²) in [6.07, 6.45) is -3.04. The molecule has 1 saturated heterocycles. The molecule has 0 bridgehead atoms. The molecule has 0 aromatic heterocycles. The smallest absolute Gasteiger partial charge is 0.373 e. The van der Waals surface area contributed by atoms with Crippen molar-refractivity contribution < 1.29 is 30.6 Å². The van der Waals surface area contributed by atoms with Crippen LogP contribution in [-0.4, -0.2) is 50.8 Å². The average Bonchev–Trinajstić information content (AvgIpc) is 2.88.